The van der Waals surface area contributed by atoms with E-state index in [-0.39, 0.29) is 23.8 Å². The first-order chi connectivity index (χ1) is 9.32. The number of benzene rings is 1. The summed E-state index contributed by atoms with van der Waals surface area (Å²) in [7, 11) is -3.03. The molecule has 2 rings (SSSR count). The molecule has 20 heavy (non-hydrogen) atoms. The number of amides is 1. The van der Waals surface area contributed by atoms with Crippen LogP contribution in [0, 0.1) is 11.3 Å². The Kier molecular flexibility index (Phi) is 3.82. The second-order valence-corrected chi connectivity index (χ2v) is 7.62. The van der Waals surface area contributed by atoms with Gasteiger partial charge in [0.1, 0.15) is 0 Å². The Labute approximate surface area is 118 Å². The van der Waals surface area contributed by atoms with Crippen LogP contribution in [0.15, 0.2) is 24.3 Å². The van der Waals surface area contributed by atoms with Crippen molar-refractivity contribution in [1.29, 1.82) is 5.26 Å². The van der Waals surface area contributed by atoms with Gasteiger partial charge >= 0.3 is 0 Å². The third-order valence-electron chi connectivity index (χ3n) is 3.39. The molecular formula is C14H16N2O3S. The lowest BCUT2D eigenvalue weighted by molar-refractivity contribution is -0.121. The SMILES string of the molecule is CC1(NC(=O)Cc2ccc(C#N)cc2)CCS(=O)(=O)C1. The van der Waals surface area contributed by atoms with Crippen molar-refractivity contribution in [1.82, 2.24) is 5.32 Å². The third kappa shape index (κ3) is 3.58. The van der Waals surface area contributed by atoms with Gasteiger partial charge in [0, 0.05) is 0 Å². The number of nitriles is 1. The predicted octanol–water partition coefficient (Wildman–Crippen LogP) is 0.794. The zero-order chi connectivity index (χ0) is 14.8. The number of hydrogen-bond acceptors (Lipinski definition) is 4. The zero-order valence-electron chi connectivity index (χ0n) is 11.2. The normalized spacial score (nSPS) is 24.0. The van der Waals surface area contributed by atoms with Gasteiger partial charge < -0.3 is 5.32 Å². The number of nitrogens with zero attached hydrogens (tertiary/aromatic N) is 1. The largest absolute Gasteiger partial charge is 0.350 e. The van der Waals surface area contributed by atoms with Gasteiger partial charge in [-0.3, -0.25) is 4.79 Å². The van der Waals surface area contributed by atoms with E-state index >= 15 is 0 Å². The fourth-order valence-corrected chi connectivity index (χ4v) is 4.47. The van der Waals surface area contributed by atoms with E-state index in [9.17, 15) is 13.2 Å². The summed E-state index contributed by atoms with van der Waals surface area (Å²) in [4.78, 5) is 12.0. The average Bonchev–Trinajstić information content (AvgIpc) is 2.64. The Balaban J connectivity index is 1.97. The molecule has 0 saturated carbocycles. The number of carbonyl (C=O) groups excluding carboxylic acids is 1. The zero-order valence-corrected chi connectivity index (χ0v) is 12.0. The molecule has 1 unspecified atom stereocenters. The maximum atomic E-state index is 12.0. The molecule has 1 atom stereocenters. The van der Waals surface area contributed by atoms with E-state index in [2.05, 4.69) is 5.32 Å². The average molecular weight is 292 g/mol. The molecule has 1 saturated heterocycles. The molecule has 1 N–H and O–H groups in total. The molecule has 0 bridgehead atoms. The molecular weight excluding hydrogens is 276 g/mol. The number of nitrogens with one attached hydrogen (secondary N) is 1. The highest BCUT2D eigenvalue weighted by atomic mass is 32.2. The lowest BCUT2D eigenvalue weighted by Crippen LogP contribution is -2.47. The summed E-state index contributed by atoms with van der Waals surface area (Å²) >= 11 is 0. The Morgan fingerprint density at radius 2 is 2.05 bits per heavy atom. The molecule has 0 aromatic heterocycles. The summed E-state index contributed by atoms with van der Waals surface area (Å²) in [5, 5.41) is 11.5. The quantitative estimate of drug-likeness (QED) is 0.892. The van der Waals surface area contributed by atoms with E-state index in [0.717, 1.165) is 5.56 Å². The van der Waals surface area contributed by atoms with Gasteiger partial charge in [-0.25, -0.2) is 8.42 Å². The van der Waals surface area contributed by atoms with Gasteiger partial charge in [0.15, 0.2) is 9.84 Å². The van der Waals surface area contributed by atoms with Gasteiger partial charge in [-0.15, -0.1) is 0 Å². The predicted molar refractivity (Wildman–Crippen MR) is 74.7 cm³/mol. The van der Waals surface area contributed by atoms with Crippen molar-refractivity contribution >= 4 is 15.7 Å². The van der Waals surface area contributed by atoms with Crippen molar-refractivity contribution in [3.8, 4) is 6.07 Å². The van der Waals surface area contributed by atoms with Crippen LogP contribution in [0.1, 0.15) is 24.5 Å². The van der Waals surface area contributed by atoms with E-state index in [1.807, 2.05) is 6.07 Å². The molecule has 1 aliphatic heterocycles. The second kappa shape index (κ2) is 5.25. The molecule has 0 aliphatic carbocycles. The van der Waals surface area contributed by atoms with Crippen molar-refractivity contribution in [3.05, 3.63) is 35.4 Å². The third-order valence-corrected chi connectivity index (χ3v) is 5.30. The molecule has 106 valence electrons. The molecule has 1 amide bonds. The highest BCUT2D eigenvalue weighted by Gasteiger charge is 2.39. The minimum Gasteiger partial charge on any atom is -0.350 e. The van der Waals surface area contributed by atoms with E-state index < -0.39 is 15.4 Å². The topological polar surface area (TPSA) is 87.0 Å². The van der Waals surface area contributed by atoms with Crippen LogP contribution < -0.4 is 5.32 Å². The smallest absolute Gasteiger partial charge is 0.224 e. The first-order valence-electron chi connectivity index (χ1n) is 6.32. The monoisotopic (exact) mass is 292 g/mol. The molecule has 0 radical (unpaired) electrons. The van der Waals surface area contributed by atoms with Crippen LogP contribution in [0.5, 0.6) is 0 Å². The number of hydrogen-bond donors (Lipinski definition) is 1. The summed E-state index contributed by atoms with van der Waals surface area (Å²) < 4.78 is 22.9. The summed E-state index contributed by atoms with van der Waals surface area (Å²) in [6, 6.07) is 8.78. The van der Waals surface area contributed by atoms with Crippen LogP contribution in [-0.4, -0.2) is 31.4 Å². The second-order valence-electron chi connectivity index (χ2n) is 5.44. The molecule has 5 nitrogen and oxygen atoms in total. The van der Waals surface area contributed by atoms with Gasteiger partial charge in [0.05, 0.1) is 35.1 Å². The molecule has 1 aliphatic rings. The first-order valence-corrected chi connectivity index (χ1v) is 8.15. The van der Waals surface area contributed by atoms with Crippen LogP contribution in [0.2, 0.25) is 0 Å². The lowest BCUT2D eigenvalue weighted by atomic mass is 10.0. The van der Waals surface area contributed by atoms with Crippen molar-refractivity contribution in [2.24, 2.45) is 0 Å². The van der Waals surface area contributed by atoms with Gasteiger partial charge in [0.2, 0.25) is 5.91 Å². The van der Waals surface area contributed by atoms with Gasteiger partial charge in [0.25, 0.3) is 0 Å². The summed E-state index contributed by atoms with van der Waals surface area (Å²) in [6.45, 7) is 1.76. The van der Waals surface area contributed by atoms with Crippen molar-refractivity contribution in [3.63, 3.8) is 0 Å². The van der Waals surface area contributed by atoms with Crippen LogP contribution in [-0.2, 0) is 21.1 Å². The summed E-state index contributed by atoms with van der Waals surface area (Å²) in [5.41, 5.74) is 0.677. The molecule has 1 aromatic carbocycles. The summed E-state index contributed by atoms with van der Waals surface area (Å²) in [6.07, 6.45) is 0.635. The van der Waals surface area contributed by atoms with E-state index in [1.165, 1.54) is 0 Å². The lowest BCUT2D eigenvalue weighted by Gasteiger charge is -2.23. The Hall–Kier alpha value is -1.87. The molecule has 0 spiro atoms. The highest BCUT2D eigenvalue weighted by molar-refractivity contribution is 7.91. The van der Waals surface area contributed by atoms with Crippen molar-refractivity contribution < 1.29 is 13.2 Å². The van der Waals surface area contributed by atoms with Crippen LogP contribution in [0.4, 0.5) is 0 Å². The fourth-order valence-electron chi connectivity index (χ4n) is 2.37. The van der Waals surface area contributed by atoms with Gasteiger partial charge in [-0.1, -0.05) is 12.1 Å². The molecule has 6 heteroatoms. The van der Waals surface area contributed by atoms with Crippen LogP contribution in [0.3, 0.4) is 0 Å². The molecule has 1 fully saturated rings. The standard InChI is InChI=1S/C14H16N2O3S/c1-14(6-7-20(18,19)10-14)16-13(17)8-11-2-4-12(9-15)5-3-11/h2-5H,6-8,10H2,1H3,(H,16,17). The molecule has 1 aromatic rings. The number of sulfone groups is 1. The summed E-state index contributed by atoms with van der Waals surface area (Å²) in [5.74, 6) is -0.0750. The highest BCUT2D eigenvalue weighted by Crippen LogP contribution is 2.22. The van der Waals surface area contributed by atoms with Gasteiger partial charge in [-0.2, -0.15) is 5.26 Å². The van der Waals surface area contributed by atoms with E-state index in [1.54, 1.807) is 31.2 Å². The minimum absolute atomic E-state index is 0.000883. The number of rotatable bonds is 3. The maximum Gasteiger partial charge on any atom is 0.224 e. The van der Waals surface area contributed by atoms with Crippen LogP contribution >= 0.6 is 0 Å². The molecule has 1 heterocycles. The number of carbonyl (C=O) groups is 1. The Morgan fingerprint density at radius 1 is 1.40 bits per heavy atom. The Bertz CT molecular complexity index is 659. The fraction of sp³-hybridized carbons (Fsp3) is 0.429. The van der Waals surface area contributed by atoms with Crippen LogP contribution in [0.25, 0.3) is 0 Å². The Morgan fingerprint density at radius 3 is 2.55 bits per heavy atom. The van der Waals surface area contributed by atoms with E-state index in [0.29, 0.717) is 12.0 Å². The maximum absolute atomic E-state index is 12.0. The minimum atomic E-state index is -3.03. The first kappa shape index (κ1) is 14.5. The van der Waals surface area contributed by atoms with Gasteiger partial charge in [-0.05, 0) is 31.0 Å². The van der Waals surface area contributed by atoms with Crippen molar-refractivity contribution in [2.75, 3.05) is 11.5 Å². The van der Waals surface area contributed by atoms with Crippen molar-refractivity contribution in [2.45, 2.75) is 25.3 Å². The van der Waals surface area contributed by atoms with E-state index in [4.69, 9.17) is 5.26 Å².